The molecule has 4 N–H and O–H groups in total. The zero-order valence-electron chi connectivity index (χ0n) is 18.4. The van der Waals surface area contributed by atoms with Crippen molar-refractivity contribution in [2.45, 2.75) is 6.42 Å². The number of primary amides is 1. The lowest BCUT2D eigenvalue weighted by Crippen LogP contribution is -2.43. The number of hydrogen-bond acceptors (Lipinski definition) is 7. The molecule has 1 aliphatic heterocycles. The first kappa shape index (κ1) is 23.8. The highest BCUT2D eigenvalue weighted by Gasteiger charge is 2.22. The normalized spacial score (nSPS) is 13.9. The van der Waals surface area contributed by atoms with Gasteiger partial charge < -0.3 is 21.3 Å². The highest BCUT2D eigenvalue weighted by Crippen LogP contribution is 2.33. The molecule has 1 amide bonds. The molecule has 1 aliphatic rings. The van der Waals surface area contributed by atoms with Crippen LogP contribution in [0, 0.1) is 0 Å². The lowest BCUT2D eigenvalue weighted by molar-refractivity contribution is 0.100. The van der Waals surface area contributed by atoms with Crippen LogP contribution in [0.15, 0.2) is 47.2 Å². The van der Waals surface area contributed by atoms with E-state index < -0.39 is 5.91 Å². The molecule has 2 aromatic heterocycles. The van der Waals surface area contributed by atoms with Crippen molar-refractivity contribution >= 4 is 67.9 Å². The minimum absolute atomic E-state index is 0.134. The Kier molecular flexibility index (Phi) is 6.79. The topological polar surface area (TPSA) is 113 Å². The van der Waals surface area contributed by atoms with Gasteiger partial charge in [0.05, 0.1) is 5.69 Å². The third-order valence-electron chi connectivity index (χ3n) is 5.86. The number of benzene rings is 2. The number of aromatic nitrogens is 4. The van der Waals surface area contributed by atoms with Crippen LogP contribution in [-0.2, 0) is 6.42 Å². The first-order valence-electron chi connectivity index (χ1n) is 10.9. The number of hydrogen-bond donors (Lipinski definition) is 3. The summed E-state index contributed by atoms with van der Waals surface area (Å²) in [5.41, 5.74) is 8.70. The maximum atomic E-state index is 12.4. The van der Waals surface area contributed by atoms with Crippen molar-refractivity contribution in [1.82, 2.24) is 24.9 Å². The molecule has 0 spiro atoms. The number of rotatable bonds is 6. The smallest absolute Gasteiger partial charge is 0.256 e. The van der Waals surface area contributed by atoms with Gasteiger partial charge in [-0.05, 0) is 51.8 Å². The molecule has 35 heavy (non-hydrogen) atoms. The lowest BCUT2D eigenvalue weighted by atomic mass is 10.1. The van der Waals surface area contributed by atoms with Crippen LogP contribution < -0.4 is 21.3 Å². The van der Waals surface area contributed by atoms with Crippen LogP contribution >= 0.6 is 39.1 Å². The van der Waals surface area contributed by atoms with E-state index in [2.05, 4.69) is 41.7 Å². The van der Waals surface area contributed by atoms with Gasteiger partial charge in [0.2, 0.25) is 0 Å². The van der Waals surface area contributed by atoms with E-state index in [1.54, 1.807) is 22.6 Å². The number of nitrogens with two attached hydrogens (primary N) is 1. The molecule has 2 aromatic carbocycles. The second kappa shape index (κ2) is 9.98. The highest BCUT2D eigenvalue weighted by molar-refractivity contribution is 9.10. The van der Waals surface area contributed by atoms with Gasteiger partial charge in [-0.15, -0.1) is 10.2 Å². The summed E-state index contributed by atoms with van der Waals surface area (Å²) in [6.07, 6.45) is 1.78. The highest BCUT2D eigenvalue weighted by atomic mass is 79.9. The third kappa shape index (κ3) is 4.79. The predicted octanol–water partition coefficient (Wildman–Crippen LogP) is 4.04. The van der Waals surface area contributed by atoms with Crippen LogP contribution in [-0.4, -0.2) is 51.7 Å². The van der Waals surface area contributed by atoms with Gasteiger partial charge >= 0.3 is 0 Å². The van der Waals surface area contributed by atoms with Crippen molar-refractivity contribution in [3.8, 4) is 0 Å². The predicted molar refractivity (Wildman–Crippen MR) is 141 cm³/mol. The molecule has 0 radical (unpaired) electrons. The Balaban J connectivity index is 1.55. The number of halogens is 3. The Labute approximate surface area is 219 Å². The molecule has 1 saturated heterocycles. The fraction of sp³-hybridized carbons (Fsp3) is 0.217. The van der Waals surface area contributed by atoms with Crippen molar-refractivity contribution in [2.75, 3.05) is 36.4 Å². The van der Waals surface area contributed by atoms with Crippen LogP contribution in [0.3, 0.4) is 0 Å². The van der Waals surface area contributed by atoms with E-state index in [-0.39, 0.29) is 11.4 Å². The molecule has 0 unspecified atom stereocenters. The molecular formula is C23H21BrCl2N8O. The molecule has 4 aromatic rings. The first-order valence-corrected chi connectivity index (χ1v) is 12.4. The molecule has 0 aliphatic carbocycles. The van der Waals surface area contributed by atoms with Gasteiger partial charge in [0, 0.05) is 52.8 Å². The van der Waals surface area contributed by atoms with E-state index in [4.69, 9.17) is 33.9 Å². The largest absolute Gasteiger partial charge is 0.369 e. The molecule has 0 atom stereocenters. The summed E-state index contributed by atoms with van der Waals surface area (Å²) >= 11 is 16.4. The van der Waals surface area contributed by atoms with Crippen molar-refractivity contribution in [3.05, 3.63) is 74.2 Å². The van der Waals surface area contributed by atoms with E-state index in [1.807, 2.05) is 18.2 Å². The van der Waals surface area contributed by atoms with Gasteiger partial charge in [-0.2, -0.15) is 0 Å². The second-order valence-electron chi connectivity index (χ2n) is 8.04. The van der Waals surface area contributed by atoms with Crippen LogP contribution in [0.1, 0.15) is 21.7 Å². The number of carbonyl (C=O) groups excluding carboxylic acids is 1. The van der Waals surface area contributed by atoms with Gasteiger partial charge in [-0.25, -0.2) is 4.98 Å². The van der Waals surface area contributed by atoms with Crippen LogP contribution in [0.4, 0.5) is 17.2 Å². The molecule has 0 bridgehead atoms. The molecular weight excluding hydrogens is 555 g/mol. The van der Waals surface area contributed by atoms with Gasteiger partial charge in [0.1, 0.15) is 23.5 Å². The minimum Gasteiger partial charge on any atom is -0.369 e. The summed E-state index contributed by atoms with van der Waals surface area (Å²) in [6, 6.07) is 11.3. The summed E-state index contributed by atoms with van der Waals surface area (Å²) in [5.74, 6) is 0.141. The molecule has 180 valence electrons. The molecule has 9 nitrogen and oxygen atoms in total. The van der Waals surface area contributed by atoms with Crippen LogP contribution in [0.5, 0.6) is 0 Å². The van der Waals surface area contributed by atoms with E-state index in [0.29, 0.717) is 33.5 Å². The number of carbonyl (C=O) groups is 1. The number of piperazine rings is 1. The Hall–Kier alpha value is -2.92. The monoisotopic (exact) mass is 574 g/mol. The molecule has 0 saturated carbocycles. The summed E-state index contributed by atoms with van der Waals surface area (Å²) < 4.78 is 2.44. The van der Waals surface area contributed by atoms with E-state index in [0.717, 1.165) is 42.0 Å². The number of fused-ring (bicyclic) bond motifs is 1. The summed E-state index contributed by atoms with van der Waals surface area (Å²) in [6.45, 7) is 3.76. The fourth-order valence-corrected chi connectivity index (χ4v) is 5.09. The van der Waals surface area contributed by atoms with Crippen molar-refractivity contribution in [2.24, 2.45) is 5.73 Å². The van der Waals surface area contributed by atoms with Crippen molar-refractivity contribution in [3.63, 3.8) is 0 Å². The van der Waals surface area contributed by atoms with Gasteiger partial charge in [0.25, 0.3) is 5.91 Å². The van der Waals surface area contributed by atoms with E-state index in [9.17, 15) is 4.79 Å². The van der Waals surface area contributed by atoms with Gasteiger partial charge in [0.15, 0.2) is 5.65 Å². The van der Waals surface area contributed by atoms with E-state index >= 15 is 0 Å². The van der Waals surface area contributed by atoms with Crippen molar-refractivity contribution in [1.29, 1.82) is 0 Å². The van der Waals surface area contributed by atoms with Gasteiger partial charge in [-0.1, -0.05) is 29.3 Å². The van der Waals surface area contributed by atoms with Gasteiger partial charge in [-0.3, -0.25) is 9.20 Å². The molecule has 5 rings (SSSR count). The average molecular weight is 576 g/mol. The molecule has 3 heterocycles. The zero-order valence-corrected chi connectivity index (χ0v) is 21.5. The fourth-order valence-electron chi connectivity index (χ4n) is 4.09. The SMILES string of the molecule is NC(=O)c1c(Nc2ccc(N3CCNCC3)cc2Br)nc(Cc2c(Cl)cccc2Cl)n2cnnc12. The Bertz CT molecular complexity index is 1400. The number of nitrogens with one attached hydrogen (secondary N) is 2. The Morgan fingerprint density at radius 1 is 1.17 bits per heavy atom. The minimum atomic E-state index is -0.672. The summed E-state index contributed by atoms with van der Waals surface area (Å²) in [5, 5.41) is 15.7. The maximum Gasteiger partial charge on any atom is 0.256 e. The van der Waals surface area contributed by atoms with Crippen LogP contribution in [0.2, 0.25) is 10.0 Å². The first-order chi connectivity index (χ1) is 16.9. The molecule has 1 fully saturated rings. The summed E-state index contributed by atoms with van der Waals surface area (Å²) in [7, 11) is 0. The number of amides is 1. The zero-order chi connectivity index (χ0) is 24.5. The number of nitrogens with zero attached hydrogens (tertiary/aromatic N) is 5. The maximum absolute atomic E-state index is 12.4. The third-order valence-corrected chi connectivity index (χ3v) is 7.22. The Morgan fingerprint density at radius 2 is 1.91 bits per heavy atom. The second-order valence-corrected chi connectivity index (χ2v) is 9.71. The lowest BCUT2D eigenvalue weighted by Gasteiger charge is -2.29. The average Bonchev–Trinajstić information content (AvgIpc) is 3.33. The number of anilines is 3. The Morgan fingerprint density at radius 3 is 2.60 bits per heavy atom. The van der Waals surface area contributed by atoms with Crippen molar-refractivity contribution < 1.29 is 4.79 Å². The van der Waals surface area contributed by atoms with Crippen LogP contribution in [0.25, 0.3) is 5.65 Å². The quantitative estimate of drug-likeness (QED) is 0.318. The summed E-state index contributed by atoms with van der Waals surface area (Å²) in [4.78, 5) is 19.5. The standard InChI is InChI=1S/C23H21BrCl2N8O/c24-15-10-13(33-8-6-28-7-9-33)4-5-18(15)30-22-20(21(27)35)23-32-29-12-34(23)19(31-22)11-14-16(25)2-1-3-17(14)26/h1-5,10,12,28,30H,6-9,11H2,(H2,27,35). The molecule has 12 heteroatoms. The van der Waals surface area contributed by atoms with E-state index in [1.165, 1.54) is 6.33 Å².